The summed E-state index contributed by atoms with van der Waals surface area (Å²) in [6.45, 7) is 0. The maximum Gasteiger partial charge on any atom is 0.198 e. The van der Waals surface area contributed by atoms with Crippen molar-refractivity contribution in [3.8, 4) is 0 Å². The number of anilines is 1. The molecule has 2 aromatic rings. The molecule has 0 aliphatic carbocycles. The van der Waals surface area contributed by atoms with E-state index in [9.17, 15) is 9.59 Å². The zero-order valence-corrected chi connectivity index (χ0v) is 11.2. The Balaban J connectivity index is 2.01. The van der Waals surface area contributed by atoms with Gasteiger partial charge in [0.25, 0.3) is 0 Å². The van der Waals surface area contributed by atoms with Gasteiger partial charge in [0.1, 0.15) is 0 Å². The van der Waals surface area contributed by atoms with Crippen molar-refractivity contribution in [2.45, 2.75) is 0 Å². The molecule has 1 aliphatic heterocycles. The highest BCUT2D eigenvalue weighted by molar-refractivity contribution is 6.21. The summed E-state index contributed by atoms with van der Waals surface area (Å²) >= 11 is 0. The third-order valence-electron chi connectivity index (χ3n) is 3.35. The van der Waals surface area contributed by atoms with E-state index >= 15 is 0 Å². The van der Waals surface area contributed by atoms with E-state index in [1.165, 1.54) is 0 Å². The first-order valence-corrected chi connectivity index (χ1v) is 6.63. The van der Waals surface area contributed by atoms with Crippen molar-refractivity contribution in [3.63, 3.8) is 0 Å². The summed E-state index contributed by atoms with van der Waals surface area (Å²) < 4.78 is 0. The van der Waals surface area contributed by atoms with Crippen LogP contribution in [-0.4, -0.2) is 12.1 Å². The molecule has 0 saturated heterocycles. The van der Waals surface area contributed by atoms with Gasteiger partial charge in [0, 0.05) is 11.3 Å². The minimum atomic E-state index is -0.280. The summed E-state index contributed by atoms with van der Waals surface area (Å²) in [6.07, 6.45) is 4.26. The average molecular weight is 275 g/mol. The van der Waals surface area contributed by atoms with E-state index in [0.29, 0.717) is 17.5 Å². The summed E-state index contributed by atoms with van der Waals surface area (Å²) in [7, 11) is 0. The monoisotopic (exact) mass is 275 g/mol. The SMILES string of the molecule is O=C/C(C(=O)c1ccccc1)=C1/C=Cc2ccccc2N1. The number of nitrogens with one attached hydrogen (secondary N) is 1. The Bertz CT molecular complexity index is 758. The van der Waals surface area contributed by atoms with Crippen LogP contribution in [0.4, 0.5) is 5.69 Å². The highest BCUT2D eigenvalue weighted by atomic mass is 16.1. The lowest BCUT2D eigenvalue weighted by Gasteiger charge is -2.17. The van der Waals surface area contributed by atoms with Crippen LogP contribution in [0.2, 0.25) is 0 Å². The molecular weight excluding hydrogens is 262 g/mol. The Morgan fingerprint density at radius 1 is 0.905 bits per heavy atom. The molecule has 3 nitrogen and oxygen atoms in total. The van der Waals surface area contributed by atoms with Crippen molar-refractivity contribution < 1.29 is 9.59 Å². The van der Waals surface area contributed by atoms with Crippen LogP contribution in [0, 0.1) is 0 Å². The van der Waals surface area contributed by atoms with Gasteiger partial charge < -0.3 is 5.32 Å². The van der Waals surface area contributed by atoms with Crippen molar-refractivity contribution >= 4 is 23.8 Å². The zero-order valence-electron chi connectivity index (χ0n) is 11.2. The Morgan fingerprint density at radius 2 is 1.62 bits per heavy atom. The first-order valence-electron chi connectivity index (χ1n) is 6.63. The van der Waals surface area contributed by atoms with Gasteiger partial charge in [-0.1, -0.05) is 54.6 Å². The first kappa shape index (κ1) is 13.1. The second kappa shape index (κ2) is 5.59. The average Bonchev–Trinajstić information content (AvgIpc) is 2.56. The molecular formula is C18H13NO2. The molecule has 0 spiro atoms. The van der Waals surface area contributed by atoms with Gasteiger partial charge in [0.15, 0.2) is 12.1 Å². The lowest BCUT2D eigenvalue weighted by Crippen LogP contribution is -2.13. The summed E-state index contributed by atoms with van der Waals surface area (Å²) in [5.74, 6) is -0.280. The second-order valence-corrected chi connectivity index (χ2v) is 4.69. The van der Waals surface area contributed by atoms with Crippen molar-refractivity contribution in [2.75, 3.05) is 5.32 Å². The molecule has 0 fully saturated rings. The van der Waals surface area contributed by atoms with Gasteiger partial charge in [-0.05, 0) is 17.7 Å². The normalized spacial score (nSPS) is 14.9. The largest absolute Gasteiger partial charge is 0.354 e. The van der Waals surface area contributed by atoms with E-state index in [4.69, 9.17) is 0 Å². The van der Waals surface area contributed by atoms with Crippen LogP contribution in [0.3, 0.4) is 0 Å². The molecule has 1 heterocycles. The van der Waals surface area contributed by atoms with Gasteiger partial charge >= 0.3 is 0 Å². The van der Waals surface area contributed by atoms with E-state index in [-0.39, 0.29) is 11.4 Å². The highest BCUT2D eigenvalue weighted by Gasteiger charge is 2.17. The molecule has 3 rings (SSSR count). The van der Waals surface area contributed by atoms with Gasteiger partial charge in [-0.2, -0.15) is 0 Å². The number of carbonyl (C=O) groups excluding carboxylic acids is 2. The smallest absolute Gasteiger partial charge is 0.198 e. The summed E-state index contributed by atoms with van der Waals surface area (Å²) in [6, 6.07) is 16.5. The topological polar surface area (TPSA) is 46.2 Å². The minimum Gasteiger partial charge on any atom is -0.354 e. The van der Waals surface area contributed by atoms with Gasteiger partial charge in [-0.15, -0.1) is 0 Å². The lowest BCUT2D eigenvalue weighted by atomic mass is 10.00. The molecule has 2 aromatic carbocycles. The number of benzene rings is 2. The van der Waals surface area contributed by atoms with E-state index in [0.717, 1.165) is 11.3 Å². The predicted molar refractivity (Wildman–Crippen MR) is 83.0 cm³/mol. The number of Topliss-reactive ketones (excluding diaryl/α,β-unsaturated/α-hetero) is 1. The van der Waals surface area contributed by atoms with Crippen LogP contribution in [0.5, 0.6) is 0 Å². The van der Waals surface area contributed by atoms with Crippen molar-refractivity contribution in [3.05, 3.63) is 83.1 Å². The Labute approximate surface area is 122 Å². The molecule has 0 amide bonds. The molecule has 0 radical (unpaired) electrons. The molecule has 0 unspecified atom stereocenters. The fraction of sp³-hybridized carbons (Fsp3) is 0. The van der Waals surface area contributed by atoms with Gasteiger partial charge in [0.2, 0.25) is 0 Å². The quantitative estimate of drug-likeness (QED) is 0.307. The number of fused-ring (bicyclic) bond motifs is 1. The number of ketones is 1. The number of carbonyl (C=O) groups is 2. The molecule has 3 heteroatoms. The minimum absolute atomic E-state index is 0.131. The van der Waals surface area contributed by atoms with Gasteiger partial charge in [-0.3, -0.25) is 9.59 Å². The molecule has 0 bridgehead atoms. The molecule has 0 saturated carbocycles. The third kappa shape index (κ3) is 2.54. The van der Waals surface area contributed by atoms with Gasteiger partial charge in [0.05, 0.1) is 11.3 Å². The zero-order chi connectivity index (χ0) is 14.7. The number of aldehydes is 1. The fourth-order valence-electron chi connectivity index (χ4n) is 2.26. The summed E-state index contributed by atoms with van der Waals surface area (Å²) in [4.78, 5) is 23.8. The summed E-state index contributed by atoms with van der Waals surface area (Å²) in [5, 5.41) is 3.14. The van der Waals surface area contributed by atoms with Crippen molar-refractivity contribution in [1.82, 2.24) is 0 Å². The van der Waals surface area contributed by atoms with Crippen LogP contribution in [-0.2, 0) is 4.79 Å². The molecule has 102 valence electrons. The number of allylic oxidation sites excluding steroid dienone is 2. The molecule has 1 aliphatic rings. The predicted octanol–water partition coefficient (Wildman–Crippen LogP) is 3.46. The first-order chi connectivity index (χ1) is 10.3. The third-order valence-corrected chi connectivity index (χ3v) is 3.35. The maximum atomic E-state index is 12.4. The number of hydrogen-bond donors (Lipinski definition) is 1. The Kier molecular flexibility index (Phi) is 3.48. The van der Waals surface area contributed by atoms with Crippen LogP contribution in [0.15, 0.2) is 71.9 Å². The fourth-order valence-corrected chi connectivity index (χ4v) is 2.26. The van der Waals surface area contributed by atoms with E-state index in [1.54, 1.807) is 30.3 Å². The molecule has 0 atom stereocenters. The molecule has 21 heavy (non-hydrogen) atoms. The number of rotatable bonds is 3. The van der Waals surface area contributed by atoms with Crippen molar-refractivity contribution in [2.24, 2.45) is 0 Å². The molecule has 1 N–H and O–H groups in total. The van der Waals surface area contributed by atoms with E-state index in [2.05, 4.69) is 5.32 Å². The number of para-hydroxylation sites is 1. The van der Waals surface area contributed by atoms with Crippen LogP contribution >= 0.6 is 0 Å². The number of hydrogen-bond acceptors (Lipinski definition) is 3. The lowest BCUT2D eigenvalue weighted by molar-refractivity contribution is -0.104. The van der Waals surface area contributed by atoms with E-state index in [1.807, 2.05) is 36.4 Å². The van der Waals surface area contributed by atoms with Crippen LogP contribution in [0.25, 0.3) is 6.08 Å². The second-order valence-electron chi connectivity index (χ2n) is 4.69. The van der Waals surface area contributed by atoms with Crippen molar-refractivity contribution in [1.29, 1.82) is 0 Å². The van der Waals surface area contributed by atoms with Crippen LogP contribution < -0.4 is 5.32 Å². The standard InChI is InChI=1S/C18H13NO2/c20-12-15(18(21)14-7-2-1-3-8-14)17-11-10-13-6-4-5-9-16(13)19-17/h1-12,19H/b17-15+. The maximum absolute atomic E-state index is 12.4. The highest BCUT2D eigenvalue weighted by Crippen LogP contribution is 2.26. The van der Waals surface area contributed by atoms with Crippen LogP contribution in [0.1, 0.15) is 15.9 Å². The Hall–Kier alpha value is -2.94. The Morgan fingerprint density at radius 3 is 2.38 bits per heavy atom. The van der Waals surface area contributed by atoms with Gasteiger partial charge in [-0.25, -0.2) is 0 Å². The molecule has 0 aromatic heterocycles. The van der Waals surface area contributed by atoms with E-state index < -0.39 is 0 Å². The summed E-state index contributed by atoms with van der Waals surface area (Å²) in [5.41, 5.74) is 3.07.